The lowest BCUT2D eigenvalue weighted by Gasteiger charge is -2.40. The fraction of sp³-hybridized carbons (Fsp3) is 0.0254. The Morgan fingerprint density at radius 3 is 1.11 bits per heavy atom. The Bertz CT molecular complexity index is 8010. The third-order valence-electron chi connectivity index (χ3n) is 26.5. The van der Waals surface area contributed by atoms with Gasteiger partial charge in [-0.15, -0.1) is 31.7 Å². The first kappa shape index (κ1) is 74.7. The largest absolute Gasteiger partial charge is 0.456 e. The van der Waals surface area contributed by atoms with Crippen molar-refractivity contribution in [2.45, 2.75) is 16.2 Å². The van der Waals surface area contributed by atoms with Gasteiger partial charge in [-0.25, -0.2) is 0 Å². The van der Waals surface area contributed by atoms with Gasteiger partial charge in [0.25, 0.3) is 0 Å². The number of thiophene rings is 1. The minimum Gasteiger partial charge on any atom is -0.456 e. The lowest BCUT2D eigenvalue weighted by molar-refractivity contribution is 0.436. The molecule has 0 N–H and O–H groups in total. The van der Waals surface area contributed by atoms with Crippen LogP contribution in [-0.2, 0) is 16.2 Å². The normalized spacial score (nSPS) is 13.5. The molecule has 0 radical (unpaired) electrons. The third-order valence-corrected chi connectivity index (χ3v) is 27.7. The van der Waals surface area contributed by atoms with Gasteiger partial charge in [-0.2, -0.15) is 5.26 Å². The first-order valence-electron chi connectivity index (χ1n) is 43.3. The maximum atomic E-state index is 9.16. The van der Waals surface area contributed by atoms with Crippen LogP contribution < -0.4 is 14.2 Å². The molecule has 3 aliphatic heterocycles. The second kappa shape index (κ2) is 29.9. The lowest BCUT2D eigenvalue weighted by Crippen LogP contribution is -2.32. The van der Waals surface area contributed by atoms with E-state index in [1.807, 2.05) is 84.9 Å². The number of hydrogen-bond donors (Lipinski definition) is 0. The van der Waals surface area contributed by atoms with Crippen molar-refractivity contribution in [3.05, 3.63) is 503 Å². The summed E-state index contributed by atoms with van der Waals surface area (Å²) in [4.78, 5) is 2.21. The Hall–Kier alpha value is -16.9. The van der Waals surface area contributed by atoms with Gasteiger partial charge in [-0.1, -0.05) is 328 Å². The molecular weight excluding hydrogens is 1600 g/mol. The van der Waals surface area contributed by atoms with Crippen molar-refractivity contribution in [3.63, 3.8) is 0 Å². The standard InChI is InChI=1S/C43H26N2O2.C39H24N2OS.C36H21NO2/c1-2-14-28(15-3-1)41-44-45-42(47-41)39-29-16-5-4-13-27(29)25-26-32(39)33-19-12-23-37-40(33)46-38-24-11-10-22-36(38)43(37)34-20-8-6-17-30(34)31-18-7-9-21-35(31)43;1-2-11-25(12-3-1)33-21-22-34(41-40-33)37-24-23-36(43-37)28-15-10-19-32-38(28)42-35-20-9-8-18-31(35)39(32)29-16-6-4-13-26(29)27-14-5-7-17-30(27)39;37-22-23-16-18-24(19-17-23)32-20-21-33(38-32)27-10-7-14-31-35(27)39-34-15-6-5-13-30(34)36(31)28-11-3-1-8-25(28)26-9-2-4-12-29(26)36/h1-26H;1-24H;1-21H. The SMILES string of the molecule is N#Cc1ccc(-c2ccc(-c3cccc4c3Oc3ccccc3C43c4ccccc4-c4ccccc43)o2)cc1.c1ccc(-c2ccc(-c3ccc(-c4cccc5c4Oc4ccccc4C54c5ccccc5-c5ccccc54)s3)nn2)cc1.c1ccc(-c2nnc(-c3c(-c4cccc5c4Oc4ccccc4C54c5ccccc5-c5ccccc54)ccc4ccccc34)o2)cc1. The molecule has 0 unspecified atom stereocenters. The van der Waals surface area contributed by atoms with Crippen molar-refractivity contribution >= 4 is 22.1 Å². The fourth-order valence-corrected chi connectivity index (χ4v) is 22.2. The Morgan fingerprint density at radius 2 is 0.612 bits per heavy atom. The molecule has 17 aromatic carbocycles. The minimum atomic E-state index is -0.546. The van der Waals surface area contributed by atoms with E-state index in [1.165, 1.54) is 77.9 Å². The number of fused-ring (bicyclic) bond motifs is 28. The molecule has 21 aromatic rings. The molecule has 27 rings (SSSR count). The van der Waals surface area contributed by atoms with Crippen molar-refractivity contribution in [1.29, 1.82) is 5.26 Å². The average Bonchev–Trinajstić information content (AvgIpc) is 1.55. The van der Waals surface area contributed by atoms with Gasteiger partial charge in [0.2, 0.25) is 11.8 Å². The first-order valence-corrected chi connectivity index (χ1v) is 44.1. The Morgan fingerprint density at radius 1 is 0.233 bits per heavy atom. The molecular formula is C118H71N5O5S. The van der Waals surface area contributed by atoms with Crippen LogP contribution >= 0.6 is 11.3 Å². The molecule has 0 saturated heterocycles. The van der Waals surface area contributed by atoms with Crippen molar-refractivity contribution in [2.75, 3.05) is 0 Å². The summed E-state index contributed by atoms with van der Waals surface area (Å²) in [6, 6.07) is 152. The van der Waals surface area contributed by atoms with Crippen molar-refractivity contribution in [1.82, 2.24) is 20.4 Å². The minimum absolute atomic E-state index is 0.466. The maximum Gasteiger partial charge on any atom is 0.249 e. The summed E-state index contributed by atoms with van der Waals surface area (Å²) in [7, 11) is 0. The van der Waals surface area contributed by atoms with E-state index in [4.69, 9.17) is 28.3 Å². The number of hydrogen-bond acceptors (Lipinski definition) is 11. The highest BCUT2D eigenvalue weighted by atomic mass is 32.1. The Balaban J connectivity index is 0.000000105. The fourth-order valence-electron chi connectivity index (χ4n) is 21.2. The van der Waals surface area contributed by atoms with Gasteiger partial charge in [0.05, 0.1) is 49.6 Å². The van der Waals surface area contributed by atoms with E-state index in [0.29, 0.717) is 17.3 Å². The number of para-hydroxylation sites is 6. The number of ether oxygens (including phenoxy) is 3. The predicted octanol–water partition coefficient (Wildman–Crippen LogP) is 29.7. The molecule has 11 heteroatoms. The smallest absolute Gasteiger partial charge is 0.249 e. The zero-order valence-electron chi connectivity index (χ0n) is 69.2. The highest BCUT2D eigenvalue weighted by Gasteiger charge is 2.55. The van der Waals surface area contributed by atoms with E-state index >= 15 is 0 Å². The van der Waals surface area contributed by atoms with Gasteiger partial charge in [0, 0.05) is 66.1 Å². The molecule has 604 valence electrons. The number of aromatic nitrogens is 4. The van der Waals surface area contributed by atoms with Gasteiger partial charge in [0.15, 0.2) is 0 Å². The molecule has 3 spiro atoms. The molecule has 0 amide bonds. The van der Waals surface area contributed by atoms with Crippen molar-refractivity contribution < 1.29 is 23.0 Å². The van der Waals surface area contributed by atoms with E-state index in [1.54, 1.807) is 23.5 Å². The van der Waals surface area contributed by atoms with Crippen LogP contribution in [0.5, 0.6) is 34.5 Å². The van der Waals surface area contributed by atoms with Crippen LogP contribution in [0.1, 0.15) is 72.3 Å². The highest BCUT2D eigenvalue weighted by Crippen LogP contribution is 2.68. The second-order valence-electron chi connectivity index (χ2n) is 33.0. The van der Waals surface area contributed by atoms with Crippen LogP contribution in [-0.4, -0.2) is 20.4 Å². The zero-order chi connectivity index (χ0) is 85.3. The van der Waals surface area contributed by atoms with Gasteiger partial charge < -0.3 is 23.0 Å². The van der Waals surface area contributed by atoms with Crippen LogP contribution in [0, 0.1) is 11.3 Å². The molecule has 10 nitrogen and oxygen atoms in total. The van der Waals surface area contributed by atoms with Crippen molar-refractivity contribution in [2.24, 2.45) is 0 Å². The molecule has 6 aliphatic rings. The van der Waals surface area contributed by atoms with Crippen LogP contribution in [0.4, 0.5) is 0 Å². The Kier molecular flexibility index (Phi) is 17.3. The van der Waals surface area contributed by atoms with E-state index in [0.717, 1.165) is 145 Å². The summed E-state index contributed by atoms with van der Waals surface area (Å²) >= 11 is 1.71. The second-order valence-corrected chi connectivity index (χ2v) is 34.1. The molecule has 129 heavy (non-hydrogen) atoms. The quantitative estimate of drug-likeness (QED) is 0.145. The molecule has 3 aliphatic carbocycles. The molecule has 4 aromatic heterocycles. The third kappa shape index (κ3) is 11.4. The van der Waals surface area contributed by atoms with Gasteiger partial charge >= 0.3 is 0 Å². The topological polar surface area (TPSA) is 129 Å². The lowest BCUT2D eigenvalue weighted by atomic mass is 9.65. The van der Waals surface area contributed by atoms with Crippen LogP contribution in [0.25, 0.3) is 133 Å². The van der Waals surface area contributed by atoms with Gasteiger partial charge in [0.1, 0.15) is 51.7 Å². The van der Waals surface area contributed by atoms with E-state index in [-0.39, 0.29) is 0 Å². The summed E-state index contributed by atoms with van der Waals surface area (Å²) in [6.07, 6.45) is 0. The monoisotopic (exact) mass is 1670 g/mol. The number of benzene rings is 17. The zero-order valence-corrected chi connectivity index (χ0v) is 70.0. The van der Waals surface area contributed by atoms with Crippen LogP contribution in [0.3, 0.4) is 0 Å². The molecule has 7 heterocycles. The number of rotatable bonds is 8. The highest BCUT2D eigenvalue weighted by molar-refractivity contribution is 7.18. The number of nitriles is 1. The van der Waals surface area contributed by atoms with E-state index < -0.39 is 16.2 Å². The summed E-state index contributed by atoms with van der Waals surface area (Å²) in [5, 5.41) is 29.5. The summed E-state index contributed by atoms with van der Waals surface area (Å²) < 4.78 is 33.4. The van der Waals surface area contributed by atoms with Gasteiger partial charge in [-0.05, 0) is 186 Å². The summed E-state index contributed by atoms with van der Waals surface area (Å²) in [5.41, 5.74) is 30.6. The Labute approximate surface area is 747 Å². The summed E-state index contributed by atoms with van der Waals surface area (Å²) in [6.45, 7) is 0. The number of furan rings is 1. The molecule has 0 fully saturated rings. The van der Waals surface area contributed by atoms with Crippen molar-refractivity contribution in [3.8, 4) is 163 Å². The van der Waals surface area contributed by atoms with Gasteiger partial charge in [-0.3, -0.25) is 0 Å². The van der Waals surface area contributed by atoms with E-state index in [9.17, 15) is 0 Å². The number of nitrogens with zero attached hydrogens (tertiary/aromatic N) is 5. The van der Waals surface area contributed by atoms with E-state index in [2.05, 4.69) is 360 Å². The molecule has 0 atom stereocenters. The summed E-state index contributed by atoms with van der Waals surface area (Å²) in [5.74, 6) is 7.58. The average molecular weight is 1670 g/mol. The van der Waals surface area contributed by atoms with Crippen LogP contribution in [0.2, 0.25) is 0 Å². The van der Waals surface area contributed by atoms with Crippen LogP contribution in [0.15, 0.2) is 440 Å². The molecule has 0 bridgehead atoms. The molecule has 0 saturated carbocycles. The maximum absolute atomic E-state index is 9.16. The first-order chi connectivity index (χ1) is 63.9. The predicted molar refractivity (Wildman–Crippen MR) is 511 cm³/mol.